The second kappa shape index (κ2) is 5.91. The Morgan fingerprint density at radius 1 is 1.29 bits per heavy atom. The monoisotopic (exact) mass is 288 g/mol. The molecule has 0 aliphatic carbocycles. The van der Waals surface area contributed by atoms with Crippen molar-refractivity contribution in [2.75, 3.05) is 7.05 Å². The molecule has 1 aromatic carbocycles. The van der Waals surface area contributed by atoms with Crippen molar-refractivity contribution in [3.05, 3.63) is 58.7 Å². The maximum absolute atomic E-state index is 13.7. The SMILES string of the molecule is Cc1cc(C)nc(CN(C)C(=O)c2cc(O)ccc2F)c1. The minimum absolute atomic E-state index is 0.141. The van der Waals surface area contributed by atoms with Gasteiger partial charge in [-0.05, 0) is 49.7 Å². The van der Waals surface area contributed by atoms with Gasteiger partial charge >= 0.3 is 0 Å². The fourth-order valence-corrected chi connectivity index (χ4v) is 2.20. The van der Waals surface area contributed by atoms with Crippen molar-refractivity contribution in [3.8, 4) is 5.75 Å². The van der Waals surface area contributed by atoms with Gasteiger partial charge in [0.1, 0.15) is 11.6 Å². The average molecular weight is 288 g/mol. The van der Waals surface area contributed by atoms with Crippen LogP contribution in [0.2, 0.25) is 0 Å². The van der Waals surface area contributed by atoms with Crippen LogP contribution in [0.4, 0.5) is 4.39 Å². The summed E-state index contributed by atoms with van der Waals surface area (Å²) in [5.74, 6) is -1.29. The van der Waals surface area contributed by atoms with E-state index in [0.29, 0.717) is 0 Å². The molecule has 5 heteroatoms. The van der Waals surface area contributed by atoms with Gasteiger partial charge in [-0.3, -0.25) is 9.78 Å². The maximum atomic E-state index is 13.7. The second-order valence-corrected chi connectivity index (χ2v) is 5.10. The van der Waals surface area contributed by atoms with Gasteiger partial charge in [0.05, 0.1) is 17.8 Å². The minimum Gasteiger partial charge on any atom is -0.508 e. The van der Waals surface area contributed by atoms with Gasteiger partial charge in [-0.25, -0.2) is 4.39 Å². The molecule has 0 bridgehead atoms. The predicted molar refractivity (Wildman–Crippen MR) is 77.6 cm³/mol. The Morgan fingerprint density at radius 2 is 2.00 bits per heavy atom. The molecule has 1 N–H and O–H groups in total. The Kier molecular flexibility index (Phi) is 4.21. The minimum atomic E-state index is -0.655. The van der Waals surface area contributed by atoms with Crippen molar-refractivity contribution in [2.45, 2.75) is 20.4 Å². The van der Waals surface area contributed by atoms with E-state index in [1.54, 1.807) is 7.05 Å². The number of nitrogens with zero attached hydrogens (tertiary/aromatic N) is 2. The number of hydrogen-bond acceptors (Lipinski definition) is 3. The summed E-state index contributed by atoms with van der Waals surface area (Å²) in [6.07, 6.45) is 0. The number of halogens is 1. The lowest BCUT2D eigenvalue weighted by Crippen LogP contribution is -2.27. The van der Waals surface area contributed by atoms with E-state index in [1.807, 2.05) is 26.0 Å². The van der Waals surface area contributed by atoms with E-state index < -0.39 is 11.7 Å². The van der Waals surface area contributed by atoms with Gasteiger partial charge in [0, 0.05) is 12.7 Å². The molecular weight excluding hydrogens is 271 g/mol. The van der Waals surface area contributed by atoms with Gasteiger partial charge in [-0.2, -0.15) is 0 Å². The lowest BCUT2D eigenvalue weighted by molar-refractivity contribution is 0.0778. The first-order chi connectivity index (χ1) is 9.86. The van der Waals surface area contributed by atoms with Crippen molar-refractivity contribution in [3.63, 3.8) is 0 Å². The highest BCUT2D eigenvalue weighted by atomic mass is 19.1. The van der Waals surface area contributed by atoms with E-state index in [9.17, 15) is 14.3 Å². The van der Waals surface area contributed by atoms with Crippen LogP contribution in [-0.2, 0) is 6.54 Å². The number of benzene rings is 1. The zero-order valence-corrected chi connectivity index (χ0v) is 12.2. The van der Waals surface area contributed by atoms with Crippen LogP contribution in [-0.4, -0.2) is 27.9 Å². The number of aromatic nitrogens is 1. The molecule has 0 aliphatic rings. The highest BCUT2D eigenvalue weighted by molar-refractivity contribution is 5.94. The van der Waals surface area contributed by atoms with E-state index >= 15 is 0 Å². The summed E-state index contributed by atoms with van der Waals surface area (Å²) >= 11 is 0. The zero-order chi connectivity index (χ0) is 15.6. The van der Waals surface area contributed by atoms with Gasteiger partial charge in [-0.1, -0.05) is 0 Å². The van der Waals surface area contributed by atoms with E-state index in [0.717, 1.165) is 29.1 Å². The molecule has 1 aromatic heterocycles. The number of carbonyl (C=O) groups excluding carboxylic acids is 1. The second-order valence-electron chi connectivity index (χ2n) is 5.10. The van der Waals surface area contributed by atoms with Crippen molar-refractivity contribution >= 4 is 5.91 Å². The molecule has 0 fully saturated rings. The van der Waals surface area contributed by atoms with Crippen LogP contribution in [0.5, 0.6) is 5.75 Å². The normalized spacial score (nSPS) is 10.5. The van der Waals surface area contributed by atoms with E-state index in [-0.39, 0.29) is 17.9 Å². The summed E-state index contributed by atoms with van der Waals surface area (Å²) in [6, 6.07) is 7.24. The van der Waals surface area contributed by atoms with Crippen LogP contribution in [0.25, 0.3) is 0 Å². The van der Waals surface area contributed by atoms with Gasteiger partial charge in [0.15, 0.2) is 0 Å². The third-order valence-corrected chi connectivity index (χ3v) is 3.08. The van der Waals surface area contributed by atoms with E-state index in [4.69, 9.17) is 0 Å². The number of pyridine rings is 1. The number of rotatable bonds is 3. The summed E-state index contributed by atoms with van der Waals surface area (Å²) in [5.41, 5.74) is 2.52. The van der Waals surface area contributed by atoms with Crippen molar-refractivity contribution in [1.29, 1.82) is 0 Å². The Balaban J connectivity index is 2.21. The Bertz CT molecular complexity index is 666. The molecule has 1 amide bonds. The highest BCUT2D eigenvalue weighted by Gasteiger charge is 2.17. The highest BCUT2D eigenvalue weighted by Crippen LogP contribution is 2.17. The van der Waals surface area contributed by atoms with Crippen LogP contribution in [0.3, 0.4) is 0 Å². The summed E-state index contributed by atoms with van der Waals surface area (Å²) in [6.45, 7) is 4.11. The molecular formula is C16H17FN2O2. The van der Waals surface area contributed by atoms with Crippen molar-refractivity contribution in [2.24, 2.45) is 0 Å². The summed E-state index contributed by atoms with van der Waals surface area (Å²) in [7, 11) is 1.57. The number of phenolic OH excluding ortho intramolecular Hbond substituents is 1. The third-order valence-electron chi connectivity index (χ3n) is 3.08. The summed E-state index contributed by atoms with van der Waals surface area (Å²) < 4.78 is 13.7. The number of carbonyl (C=O) groups is 1. The standard InChI is InChI=1S/C16H17FN2O2/c1-10-6-11(2)18-12(7-10)9-19(3)16(21)14-8-13(20)4-5-15(14)17/h4-8,20H,9H2,1-3H3. The van der Waals surface area contributed by atoms with Crippen LogP contribution in [0.1, 0.15) is 27.3 Å². The van der Waals surface area contributed by atoms with Gasteiger partial charge in [0.25, 0.3) is 5.91 Å². The van der Waals surface area contributed by atoms with Crippen LogP contribution in [0.15, 0.2) is 30.3 Å². The molecule has 0 radical (unpaired) electrons. The van der Waals surface area contributed by atoms with E-state index in [2.05, 4.69) is 4.98 Å². The molecule has 2 rings (SSSR count). The molecule has 2 aromatic rings. The average Bonchev–Trinajstić information content (AvgIpc) is 2.39. The maximum Gasteiger partial charge on any atom is 0.257 e. The number of hydrogen-bond donors (Lipinski definition) is 1. The molecule has 0 atom stereocenters. The molecule has 0 spiro atoms. The van der Waals surface area contributed by atoms with Crippen LogP contribution in [0, 0.1) is 19.7 Å². The molecule has 0 unspecified atom stereocenters. The number of amides is 1. The number of aromatic hydroxyl groups is 1. The fourth-order valence-electron chi connectivity index (χ4n) is 2.20. The molecule has 1 heterocycles. The van der Waals surface area contributed by atoms with Gasteiger partial charge < -0.3 is 10.0 Å². The Hall–Kier alpha value is -2.43. The molecule has 4 nitrogen and oxygen atoms in total. The Morgan fingerprint density at radius 3 is 2.67 bits per heavy atom. The van der Waals surface area contributed by atoms with Crippen molar-refractivity contribution in [1.82, 2.24) is 9.88 Å². The third kappa shape index (κ3) is 3.56. The molecule has 0 saturated carbocycles. The topological polar surface area (TPSA) is 53.4 Å². The quantitative estimate of drug-likeness (QED) is 0.945. The summed E-state index contributed by atoms with van der Waals surface area (Å²) in [4.78, 5) is 18.0. The predicted octanol–water partition coefficient (Wildman–Crippen LogP) is 2.82. The van der Waals surface area contributed by atoms with E-state index in [1.165, 1.54) is 11.0 Å². The first-order valence-electron chi connectivity index (χ1n) is 6.55. The fraction of sp³-hybridized carbons (Fsp3) is 0.250. The number of aryl methyl sites for hydroxylation is 2. The first kappa shape index (κ1) is 15.0. The van der Waals surface area contributed by atoms with Crippen LogP contribution < -0.4 is 0 Å². The largest absolute Gasteiger partial charge is 0.508 e. The van der Waals surface area contributed by atoms with Crippen molar-refractivity contribution < 1.29 is 14.3 Å². The zero-order valence-electron chi connectivity index (χ0n) is 12.2. The smallest absolute Gasteiger partial charge is 0.257 e. The molecule has 110 valence electrons. The van der Waals surface area contributed by atoms with Gasteiger partial charge in [0.2, 0.25) is 0 Å². The van der Waals surface area contributed by atoms with Gasteiger partial charge in [-0.15, -0.1) is 0 Å². The molecule has 0 aliphatic heterocycles. The number of phenols is 1. The lowest BCUT2D eigenvalue weighted by Gasteiger charge is -2.18. The summed E-state index contributed by atoms with van der Waals surface area (Å²) in [5, 5.41) is 9.38. The molecule has 0 saturated heterocycles. The molecule has 21 heavy (non-hydrogen) atoms. The first-order valence-corrected chi connectivity index (χ1v) is 6.55. The van der Waals surface area contributed by atoms with Crippen LogP contribution >= 0.6 is 0 Å². The Labute approximate surface area is 122 Å². The lowest BCUT2D eigenvalue weighted by atomic mass is 10.1.